The predicted octanol–water partition coefficient (Wildman–Crippen LogP) is 1.82. The molecule has 1 aromatic carbocycles. The lowest BCUT2D eigenvalue weighted by atomic mass is 10.1. The average molecular weight is 215 g/mol. The molecule has 0 aliphatic carbocycles. The van der Waals surface area contributed by atoms with Gasteiger partial charge in [0.05, 0.1) is 12.2 Å². The van der Waals surface area contributed by atoms with Crippen LogP contribution in [0.4, 0.5) is 0 Å². The number of aromatic carboxylic acids is 1. The van der Waals surface area contributed by atoms with Gasteiger partial charge in [0.15, 0.2) is 0 Å². The molecule has 1 heterocycles. The van der Waals surface area contributed by atoms with Crippen LogP contribution in [-0.2, 0) is 11.3 Å². The van der Waals surface area contributed by atoms with E-state index in [1.807, 2.05) is 0 Å². The summed E-state index contributed by atoms with van der Waals surface area (Å²) in [5.41, 5.74) is 0.908. The topological polar surface area (TPSA) is 55.8 Å². The Morgan fingerprint density at radius 3 is 3.07 bits per heavy atom. The summed E-state index contributed by atoms with van der Waals surface area (Å²) in [5, 5.41) is 8.73. The van der Waals surface area contributed by atoms with Crippen LogP contribution in [0.25, 0.3) is 0 Å². The number of alkyl halides is 1. The first-order valence-electron chi connectivity index (χ1n) is 3.95. The molecule has 4 nitrogen and oxygen atoms in total. The zero-order valence-electron chi connectivity index (χ0n) is 7.07. The van der Waals surface area contributed by atoms with E-state index in [4.69, 9.17) is 26.2 Å². The molecular formula is C9H7ClO4. The molecule has 1 aliphatic heterocycles. The summed E-state index contributed by atoms with van der Waals surface area (Å²) in [4.78, 5) is 10.6. The fourth-order valence-electron chi connectivity index (χ4n) is 1.23. The fourth-order valence-corrected chi connectivity index (χ4v) is 1.39. The summed E-state index contributed by atoms with van der Waals surface area (Å²) >= 11 is 5.59. The van der Waals surface area contributed by atoms with Crippen LogP contribution in [0, 0.1) is 0 Å². The van der Waals surface area contributed by atoms with Crippen molar-refractivity contribution in [1.29, 1.82) is 0 Å². The number of carboxylic acid groups (broad SMARTS) is 1. The van der Waals surface area contributed by atoms with Crippen LogP contribution in [0.15, 0.2) is 18.2 Å². The quantitative estimate of drug-likeness (QED) is 0.725. The molecule has 2 rings (SSSR count). The Morgan fingerprint density at radius 1 is 1.57 bits per heavy atom. The first kappa shape index (κ1) is 9.30. The highest BCUT2D eigenvalue weighted by Crippen LogP contribution is 2.28. The van der Waals surface area contributed by atoms with Crippen molar-refractivity contribution in [2.24, 2.45) is 0 Å². The number of fused-ring (bicyclic) bond motifs is 1. The third-order valence-electron chi connectivity index (χ3n) is 1.90. The summed E-state index contributed by atoms with van der Waals surface area (Å²) < 4.78 is 10.1. The van der Waals surface area contributed by atoms with Gasteiger partial charge in [-0.25, -0.2) is 4.79 Å². The number of rotatable bonds is 1. The molecule has 0 aromatic heterocycles. The van der Waals surface area contributed by atoms with Crippen molar-refractivity contribution in [2.45, 2.75) is 12.4 Å². The lowest BCUT2D eigenvalue weighted by Crippen LogP contribution is -2.19. The molecule has 0 radical (unpaired) electrons. The van der Waals surface area contributed by atoms with E-state index < -0.39 is 11.7 Å². The molecule has 0 saturated heterocycles. The Hall–Kier alpha value is -1.26. The summed E-state index contributed by atoms with van der Waals surface area (Å²) in [5.74, 6) is -1.19. The Bertz CT molecular complexity index is 377. The predicted molar refractivity (Wildman–Crippen MR) is 48.5 cm³/mol. The van der Waals surface area contributed by atoms with Gasteiger partial charge in [0, 0.05) is 5.56 Å². The van der Waals surface area contributed by atoms with E-state index in [1.54, 1.807) is 6.07 Å². The van der Waals surface area contributed by atoms with Crippen molar-refractivity contribution < 1.29 is 19.4 Å². The summed E-state index contributed by atoms with van der Waals surface area (Å²) in [7, 11) is 0. The summed E-state index contributed by atoms with van der Waals surface area (Å²) in [6.07, 6.45) is 0. The third-order valence-corrected chi connectivity index (χ3v) is 2.11. The number of ether oxygens (including phenoxy) is 2. The number of carboxylic acids is 1. The van der Waals surface area contributed by atoms with Gasteiger partial charge in [0.2, 0.25) is 0 Å². The van der Waals surface area contributed by atoms with Gasteiger partial charge in [-0.1, -0.05) is 0 Å². The van der Waals surface area contributed by atoms with Crippen LogP contribution in [0.2, 0.25) is 0 Å². The van der Waals surface area contributed by atoms with E-state index in [-0.39, 0.29) is 12.2 Å². The highest BCUT2D eigenvalue weighted by molar-refractivity contribution is 6.19. The van der Waals surface area contributed by atoms with Gasteiger partial charge in [-0.2, -0.15) is 0 Å². The lowest BCUT2D eigenvalue weighted by Gasteiger charge is -2.21. The molecule has 0 saturated carbocycles. The third kappa shape index (κ3) is 1.66. The highest BCUT2D eigenvalue weighted by Gasteiger charge is 2.18. The second-order valence-electron chi connectivity index (χ2n) is 2.83. The second-order valence-corrected chi connectivity index (χ2v) is 3.19. The van der Waals surface area contributed by atoms with Gasteiger partial charge >= 0.3 is 5.97 Å². The molecule has 1 aliphatic rings. The SMILES string of the molecule is O=C(O)c1ccc2c(c1)COC(Cl)O2. The van der Waals surface area contributed by atoms with Crippen LogP contribution in [0.3, 0.4) is 0 Å². The van der Waals surface area contributed by atoms with E-state index in [0.717, 1.165) is 0 Å². The summed E-state index contributed by atoms with van der Waals surface area (Å²) in [6.45, 7) is 0.268. The van der Waals surface area contributed by atoms with Crippen LogP contribution >= 0.6 is 11.6 Å². The zero-order chi connectivity index (χ0) is 10.1. The monoisotopic (exact) mass is 214 g/mol. The van der Waals surface area contributed by atoms with E-state index >= 15 is 0 Å². The Labute approximate surface area is 85.0 Å². The minimum Gasteiger partial charge on any atom is -0.478 e. The first-order valence-corrected chi connectivity index (χ1v) is 4.39. The van der Waals surface area contributed by atoms with Gasteiger partial charge < -0.3 is 14.6 Å². The molecule has 0 fully saturated rings. The van der Waals surface area contributed by atoms with Crippen LogP contribution in [0.1, 0.15) is 15.9 Å². The summed E-state index contributed by atoms with van der Waals surface area (Å²) in [6, 6.07) is 4.56. The van der Waals surface area contributed by atoms with E-state index in [9.17, 15) is 4.79 Å². The second kappa shape index (κ2) is 3.48. The average Bonchev–Trinajstić information content (AvgIpc) is 2.16. The molecular weight excluding hydrogens is 208 g/mol. The minimum absolute atomic E-state index is 0.212. The smallest absolute Gasteiger partial charge is 0.335 e. The Kier molecular flexibility index (Phi) is 2.31. The molecule has 5 heteroatoms. The van der Waals surface area contributed by atoms with Gasteiger partial charge in [-0.3, -0.25) is 0 Å². The van der Waals surface area contributed by atoms with Crippen molar-refractivity contribution in [3.63, 3.8) is 0 Å². The van der Waals surface area contributed by atoms with Crippen molar-refractivity contribution >= 4 is 17.6 Å². The maximum atomic E-state index is 10.6. The number of hydrogen-bond acceptors (Lipinski definition) is 3. The maximum Gasteiger partial charge on any atom is 0.335 e. The zero-order valence-corrected chi connectivity index (χ0v) is 7.82. The first-order chi connectivity index (χ1) is 6.66. The fraction of sp³-hybridized carbons (Fsp3) is 0.222. The van der Waals surface area contributed by atoms with Gasteiger partial charge in [0.1, 0.15) is 5.75 Å². The Morgan fingerprint density at radius 2 is 2.36 bits per heavy atom. The Balaban J connectivity index is 2.36. The standard InChI is InChI=1S/C9H7ClO4/c10-9-13-4-6-3-5(8(11)12)1-2-7(6)14-9/h1-3,9H,4H2,(H,11,12). The molecule has 0 spiro atoms. The lowest BCUT2D eigenvalue weighted by molar-refractivity contribution is -0.0509. The van der Waals surface area contributed by atoms with Gasteiger partial charge in [-0.15, -0.1) is 0 Å². The van der Waals surface area contributed by atoms with Crippen LogP contribution < -0.4 is 4.74 Å². The van der Waals surface area contributed by atoms with E-state index in [1.165, 1.54) is 12.1 Å². The highest BCUT2D eigenvalue weighted by atomic mass is 35.5. The van der Waals surface area contributed by atoms with E-state index in [2.05, 4.69) is 0 Å². The normalized spacial score (nSPS) is 19.6. The van der Waals surface area contributed by atoms with E-state index in [0.29, 0.717) is 11.3 Å². The van der Waals surface area contributed by atoms with Crippen LogP contribution in [0.5, 0.6) is 5.75 Å². The van der Waals surface area contributed by atoms with Gasteiger partial charge in [0.25, 0.3) is 5.75 Å². The minimum atomic E-state index is -0.971. The molecule has 1 N–H and O–H groups in total. The molecule has 1 unspecified atom stereocenters. The largest absolute Gasteiger partial charge is 0.478 e. The number of benzene rings is 1. The molecule has 1 aromatic rings. The van der Waals surface area contributed by atoms with Crippen molar-refractivity contribution in [2.75, 3.05) is 0 Å². The number of halogens is 1. The van der Waals surface area contributed by atoms with Gasteiger partial charge in [-0.05, 0) is 29.8 Å². The molecule has 0 bridgehead atoms. The van der Waals surface area contributed by atoms with Crippen molar-refractivity contribution in [3.05, 3.63) is 29.3 Å². The molecule has 1 atom stereocenters. The maximum absolute atomic E-state index is 10.6. The molecule has 74 valence electrons. The van der Waals surface area contributed by atoms with Crippen LogP contribution in [-0.4, -0.2) is 16.8 Å². The molecule has 14 heavy (non-hydrogen) atoms. The van der Waals surface area contributed by atoms with Crippen molar-refractivity contribution in [3.8, 4) is 5.75 Å². The number of hydrogen-bond donors (Lipinski definition) is 1. The number of carbonyl (C=O) groups is 1. The molecule has 0 amide bonds. The van der Waals surface area contributed by atoms with Crippen molar-refractivity contribution in [1.82, 2.24) is 0 Å².